The summed E-state index contributed by atoms with van der Waals surface area (Å²) >= 11 is 0. The van der Waals surface area contributed by atoms with Gasteiger partial charge in [0.15, 0.2) is 11.7 Å². The zero-order valence-electron chi connectivity index (χ0n) is 9.52. The van der Waals surface area contributed by atoms with Gasteiger partial charge in [-0.1, -0.05) is 0 Å². The number of carbonyl (C=O) groups is 2. The minimum Gasteiger partial charge on any atom is -0.479 e. The highest BCUT2D eigenvalue weighted by molar-refractivity contribution is 5.97. The van der Waals surface area contributed by atoms with Crippen LogP contribution in [0.4, 0.5) is 0 Å². The fourth-order valence-corrected chi connectivity index (χ4v) is 1.89. The van der Waals surface area contributed by atoms with Gasteiger partial charge in [0.1, 0.15) is 0 Å². The second-order valence-corrected chi connectivity index (χ2v) is 3.81. The van der Waals surface area contributed by atoms with Gasteiger partial charge in [0.05, 0.1) is 19.4 Å². The number of ether oxygens (including phenoxy) is 1. The second-order valence-electron chi connectivity index (χ2n) is 3.81. The average molecular weight is 255 g/mol. The van der Waals surface area contributed by atoms with Crippen molar-refractivity contribution >= 4 is 18.2 Å². The first-order valence-electron chi connectivity index (χ1n) is 5.42. The van der Waals surface area contributed by atoms with E-state index in [1.807, 2.05) is 0 Å². The molecule has 8 heteroatoms. The molecule has 2 aliphatic rings. The lowest BCUT2D eigenvalue weighted by molar-refractivity contribution is -0.154. The van der Waals surface area contributed by atoms with E-state index in [4.69, 9.17) is 14.9 Å². The van der Waals surface area contributed by atoms with Crippen LogP contribution in [0.1, 0.15) is 0 Å². The highest BCUT2D eigenvalue weighted by atomic mass is 16.5. The molecule has 0 aliphatic carbocycles. The van der Waals surface area contributed by atoms with Crippen LogP contribution in [0, 0.1) is 0 Å². The van der Waals surface area contributed by atoms with Gasteiger partial charge >= 0.3 is 11.9 Å². The van der Waals surface area contributed by atoms with E-state index >= 15 is 0 Å². The lowest BCUT2D eigenvalue weighted by Gasteiger charge is -2.41. The maximum atomic E-state index is 11.2. The van der Waals surface area contributed by atoms with E-state index in [1.54, 1.807) is 5.01 Å². The molecule has 8 nitrogen and oxygen atoms in total. The Morgan fingerprint density at radius 1 is 1.33 bits per heavy atom. The molecule has 0 bridgehead atoms. The Balaban J connectivity index is 2.28. The van der Waals surface area contributed by atoms with Gasteiger partial charge in [-0.2, -0.15) is 0 Å². The van der Waals surface area contributed by atoms with E-state index in [-0.39, 0.29) is 5.70 Å². The van der Waals surface area contributed by atoms with Gasteiger partial charge < -0.3 is 14.9 Å². The summed E-state index contributed by atoms with van der Waals surface area (Å²) in [6, 6.07) is -1.10. The highest BCUT2D eigenvalue weighted by Gasteiger charge is 2.36. The molecule has 1 fully saturated rings. The van der Waals surface area contributed by atoms with Gasteiger partial charge in [0.25, 0.3) is 0 Å². The molecule has 1 unspecified atom stereocenters. The minimum absolute atomic E-state index is 0.146. The summed E-state index contributed by atoms with van der Waals surface area (Å²) in [5, 5.41) is 21.1. The van der Waals surface area contributed by atoms with Crippen molar-refractivity contribution in [3.63, 3.8) is 0 Å². The number of nitrogens with zero attached hydrogens (tertiary/aromatic N) is 3. The van der Waals surface area contributed by atoms with Gasteiger partial charge in [-0.15, -0.1) is 0 Å². The summed E-state index contributed by atoms with van der Waals surface area (Å²) in [5.74, 6) is -2.35. The number of carboxylic acid groups (broad SMARTS) is 2. The number of hydrogen-bond donors (Lipinski definition) is 2. The van der Waals surface area contributed by atoms with E-state index in [1.165, 1.54) is 11.2 Å². The maximum absolute atomic E-state index is 11.2. The Hall–Kier alpha value is -1.93. The summed E-state index contributed by atoms with van der Waals surface area (Å²) in [5.41, 5.74) is -0.146. The van der Waals surface area contributed by atoms with Crippen LogP contribution in [0.3, 0.4) is 0 Å². The number of carboxylic acids is 2. The first-order valence-corrected chi connectivity index (χ1v) is 5.42. The number of rotatable bonds is 3. The minimum atomic E-state index is -1.20. The molecule has 0 aromatic heterocycles. The second kappa shape index (κ2) is 5.15. The predicted molar refractivity (Wildman–Crippen MR) is 59.9 cm³/mol. The number of hydrogen-bond acceptors (Lipinski definition) is 6. The number of aliphatic carboxylic acids is 2. The predicted octanol–water partition coefficient (Wildman–Crippen LogP) is -1.00. The Kier molecular flexibility index (Phi) is 3.58. The fourth-order valence-electron chi connectivity index (χ4n) is 1.89. The van der Waals surface area contributed by atoms with Crippen molar-refractivity contribution in [2.24, 2.45) is 4.99 Å². The molecule has 0 aromatic carbocycles. The van der Waals surface area contributed by atoms with Gasteiger partial charge in [-0.3, -0.25) is 10.0 Å². The van der Waals surface area contributed by atoms with Crippen molar-refractivity contribution in [1.29, 1.82) is 0 Å². The molecule has 0 spiro atoms. The first-order chi connectivity index (χ1) is 8.61. The van der Waals surface area contributed by atoms with E-state index in [9.17, 15) is 9.59 Å². The largest absolute Gasteiger partial charge is 0.479 e. The fraction of sp³-hybridized carbons (Fsp3) is 0.500. The molecule has 98 valence electrons. The van der Waals surface area contributed by atoms with Crippen LogP contribution in [-0.2, 0) is 14.3 Å². The van der Waals surface area contributed by atoms with Gasteiger partial charge in [0.2, 0.25) is 0 Å². The van der Waals surface area contributed by atoms with Crippen LogP contribution in [0.25, 0.3) is 0 Å². The molecule has 2 aliphatic heterocycles. The third-order valence-electron chi connectivity index (χ3n) is 2.70. The van der Waals surface area contributed by atoms with Crippen LogP contribution < -0.4 is 0 Å². The smallest absolute Gasteiger partial charge is 0.355 e. The molecule has 2 rings (SSSR count). The summed E-state index contributed by atoms with van der Waals surface area (Å²) in [6.07, 6.45) is 2.36. The zero-order valence-corrected chi connectivity index (χ0v) is 9.52. The third-order valence-corrected chi connectivity index (χ3v) is 2.70. The van der Waals surface area contributed by atoms with Crippen molar-refractivity contribution in [2.75, 3.05) is 26.3 Å². The van der Waals surface area contributed by atoms with E-state index in [2.05, 4.69) is 4.99 Å². The molecule has 1 saturated heterocycles. The Morgan fingerprint density at radius 2 is 2.00 bits per heavy atom. The average Bonchev–Trinajstić information content (AvgIpc) is 2.38. The van der Waals surface area contributed by atoms with Gasteiger partial charge in [-0.25, -0.2) is 14.6 Å². The summed E-state index contributed by atoms with van der Waals surface area (Å²) < 4.78 is 5.17. The maximum Gasteiger partial charge on any atom is 0.355 e. The standard InChI is InChI=1S/C10H13N3O5/c14-9(15)7-5-11-6-8(10(16)17)13(7)12-1-3-18-4-2-12/h5-7H,1-4H2,(H,14,15)(H,16,17). The molecule has 2 N–H and O–H groups in total. The Bertz CT molecular complexity index is 414. The van der Waals surface area contributed by atoms with Crippen LogP contribution in [-0.4, -0.2) is 70.7 Å². The topological polar surface area (TPSA) is 103 Å². The summed E-state index contributed by atoms with van der Waals surface area (Å²) in [7, 11) is 0. The number of morpholine rings is 1. The third kappa shape index (κ3) is 2.34. The molecule has 1 atom stereocenters. The quantitative estimate of drug-likeness (QED) is 0.666. The van der Waals surface area contributed by atoms with Crippen LogP contribution >= 0.6 is 0 Å². The monoisotopic (exact) mass is 255 g/mol. The molecule has 0 radical (unpaired) electrons. The van der Waals surface area contributed by atoms with Crippen LogP contribution in [0.15, 0.2) is 16.9 Å². The van der Waals surface area contributed by atoms with Crippen molar-refractivity contribution in [1.82, 2.24) is 10.0 Å². The Labute approximate surface area is 103 Å². The van der Waals surface area contributed by atoms with Crippen LogP contribution in [0.5, 0.6) is 0 Å². The molecule has 2 heterocycles. The molecular formula is C10H13N3O5. The normalized spacial score (nSPS) is 24.8. The van der Waals surface area contributed by atoms with E-state index in [0.29, 0.717) is 26.3 Å². The number of aliphatic imine (C=N–C) groups is 1. The van der Waals surface area contributed by atoms with Crippen molar-refractivity contribution in [2.45, 2.75) is 6.04 Å². The SMILES string of the molecule is O=C(O)C1=CN=CC(C(=O)O)N1N1CCOCC1. The van der Waals surface area contributed by atoms with E-state index < -0.39 is 18.0 Å². The van der Waals surface area contributed by atoms with E-state index in [0.717, 1.165) is 6.20 Å². The van der Waals surface area contributed by atoms with Crippen molar-refractivity contribution in [3.8, 4) is 0 Å². The lowest BCUT2D eigenvalue weighted by atomic mass is 10.2. The summed E-state index contributed by atoms with van der Waals surface area (Å²) in [4.78, 5) is 26.0. The highest BCUT2D eigenvalue weighted by Crippen LogP contribution is 2.18. The summed E-state index contributed by atoms with van der Waals surface area (Å²) in [6.45, 7) is 1.77. The lowest BCUT2D eigenvalue weighted by Crippen LogP contribution is -2.57. The van der Waals surface area contributed by atoms with Crippen LogP contribution in [0.2, 0.25) is 0 Å². The molecule has 0 amide bonds. The molecule has 0 aromatic rings. The molecular weight excluding hydrogens is 242 g/mol. The number of hydrazine groups is 1. The van der Waals surface area contributed by atoms with Crippen molar-refractivity contribution in [3.05, 3.63) is 11.9 Å². The Morgan fingerprint density at radius 3 is 2.56 bits per heavy atom. The zero-order chi connectivity index (χ0) is 13.1. The van der Waals surface area contributed by atoms with Gasteiger partial charge in [-0.05, 0) is 0 Å². The molecule has 0 saturated carbocycles. The first kappa shape index (κ1) is 12.5. The van der Waals surface area contributed by atoms with Crippen molar-refractivity contribution < 1.29 is 24.5 Å². The molecule has 18 heavy (non-hydrogen) atoms. The van der Waals surface area contributed by atoms with Gasteiger partial charge in [0, 0.05) is 19.3 Å².